The van der Waals surface area contributed by atoms with Crippen molar-refractivity contribution in [3.63, 3.8) is 0 Å². The number of benzene rings is 2. The first-order valence-corrected chi connectivity index (χ1v) is 6.11. The monoisotopic (exact) mass is 288 g/mol. The summed E-state index contributed by atoms with van der Waals surface area (Å²) in [5.74, 6) is -0.307. The molecule has 2 aromatic carbocycles. The van der Waals surface area contributed by atoms with Crippen molar-refractivity contribution in [3.8, 4) is 23.0 Å². The zero-order chi connectivity index (χ0) is 15.1. The average molecular weight is 288 g/mol. The van der Waals surface area contributed by atoms with Crippen molar-refractivity contribution < 1.29 is 24.1 Å². The highest BCUT2D eigenvalue weighted by molar-refractivity contribution is 5.98. The van der Waals surface area contributed by atoms with Gasteiger partial charge in [-0.05, 0) is 12.1 Å². The Balaban J connectivity index is 2.60. The van der Waals surface area contributed by atoms with Crippen molar-refractivity contribution in [2.75, 3.05) is 14.2 Å². The van der Waals surface area contributed by atoms with Gasteiger partial charge in [0.2, 0.25) is 11.2 Å². The number of rotatable bonds is 2. The van der Waals surface area contributed by atoms with Gasteiger partial charge in [-0.2, -0.15) is 0 Å². The van der Waals surface area contributed by atoms with Crippen molar-refractivity contribution in [3.05, 3.63) is 34.5 Å². The smallest absolute Gasteiger partial charge is 0.204 e. The van der Waals surface area contributed by atoms with Gasteiger partial charge in [-0.3, -0.25) is 4.79 Å². The fraction of sp³-hybridized carbons (Fsp3) is 0.133. The molecule has 2 N–H and O–H groups in total. The van der Waals surface area contributed by atoms with E-state index in [4.69, 9.17) is 13.9 Å². The number of phenols is 2. The largest absolute Gasteiger partial charge is 0.507 e. The summed E-state index contributed by atoms with van der Waals surface area (Å²) in [5.41, 5.74) is -0.407. The van der Waals surface area contributed by atoms with Crippen LogP contribution in [0, 0.1) is 0 Å². The molecule has 1 heterocycles. The summed E-state index contributed by atoms with van der Waals surface area (Å²) in [4.78, 5) is 12.5. The molecule has 21 heavy (non-hydrogen) atoms. The average Bonchev–Trinajstić information content (AvgIpc) is 2.50. The maximum atomic E-state index is 12.5. The Morgan fingerprint density at radius 3 is 2.43 bits per heavy atom. The molecule has 0 amide bonds. The molecule has 0 unspecified atom stereocenters. The number of aromatic hydroxyl groups is 2. The second-order valence-electron chi connectivity index (χ2n) is 4.42. The number of hydrogen-bond donors (Lipinski definition) is 2. The summed E-state index contributed by atoms with van der Waals surface area (Å²) in [7, 11) is 2.78. The second-order valence-corrected chi connectivity index (χ2v) is 4.42. The van der Waals surface area contributed by atoms with Crippen molar-refractivity contribution in [1.82, 2.24) is 0 Å². The lowest BCUT2D eigenvalue weighted by molar-refractivity contribution is 0.367. The van der Waals surface area contributed by atoms with Crippen molar-refractivity contribution in [2.45, 2.75) is 0 Å². The SMILES string of the molecule is COc1cc(O)c2c(=O)c3cccc(OC)c3oc2c1O. The Morgan fingerprint density at radius 2 is 1.76 bits per heavy atom. The van der Waals surface area contributed by atoms with E-state index in [1.807, 2.05) is 0 Å². The third kappa shape index (κ3) is 1.76. The minimum Gasteiger partial charge on any atom is -0.507 e. The highest BCUT2D eigenvalue weighted by Gasteiger charge is 2.20. The van der Waals surface area contributed by atoms with Gasteiger partial charge in [0.1, 0.15) is 11.1 Å². The van der Waals surface area contributed by atoms with Crippen LogP contribution in [0.25, 0.3) is 21.9 Å². The maximum Gasteiger partial charge on any atom is 0.204 e. The first-order chi connectivity index (χ1) is 10.1. The predicted octanol–water partition coefficient (Wildman–Crippen LogP) is 2.37. The molecule has 108 valence electrons. The van der Waals surface area contributed by atoms with Crippen LogP contribution in [0.2, 0.25) is 0 Å². The van der Waals surface area contributed by atoms with E-state index in [-0.39, 0.29) is 39.2 Å². The minimum atomic E-state index is -0.458. The molecule has 0 saturated heterocycles. The van der Waals surface area contributed by atoms with Gasteiger partial charge in [-0.15, -0.1) is 0 Å². The molecule has 0 atom stereocenters. The van der Waals surface area contributed by atoms with Gasteiger partial charge in [0, 0.05) is 6.07 Å². The van der Waals surface area contributed by atoms with Gasteiger partial charge in [0.05, 0.1) is 19.6 Å². The van der Waals surface area contributed by atoms with Gasteiger partial charge in [-0.1, -0.05) is 6.07 Å². The van der Waals surface area contributed by atoms with Crippen molar-refractivity contribution >= 4 is 21.9 Å². The molecule has 0 radical (unpaired) electrons. The van der Waals surface area contributed by atoms with Gasteiger partial charge in [0.25, 0.3) is 0 Å². The maximum absolute atomic E-state index is 12.5. The lowest BCUT2D eigenvalue weighted by Crippen LogP contribution is -2.03. The molecule has 0 spiro atoms. The molecular weight excluding hydrogens is 276 g/mol. The third-order valence-corrected chi connectivity index (χ3v) is 3.29. The standard InChI is InChI=1S/C15H12O6/c1-19-9-5-3-4-7-12(17)11-8(16)6-10(20-2)13(18)15(11)21-14(7)9/h3-6,16,18H,1-2H3. The molecular formula is C15H12O6. The molecule has 6 heteroatoms. The lowest BCUT2D eigenvalue weighted by Gasteiger charge is -2.10. The highest BCUT2D eigenvalue weighted by atomic mass is 16.5. The molecule has 3 aromatic rings. The van der Waals surface area contributed by atoms with E-state index in [2.05, 4.69) is 0 Å². The summed E-state index contributed by atoms with van der Waals surface area (Å²) in [6.45, 7) is 0. The Morgan fingerprint density at radius 1 is 1.05 bits per heavy atom. The van der Waals surface area contributed by atoms with Crippen LogP contribution in [-0.4, -0.2) is 24.4 Å². The first kappa shape index (κ1) is 13.1. The number of hydrogen-bond acceptors (Lipinski definition) is 6. The van der Waals surface area contributed by atoms with Crippen LogP contribution >= 0.6 is 0 Å². The van der Waals surface area contributed by atoms with E-state index < -0.39 is 5.43 Å². The summed E-state index contributed by atoms with van der Waals surface area (Å²) < 4.78 is 15.7. The van der Waals surface area contributed by atoms with E-state index in [1.165, 1.54) is 20.3 Å². The van der Waals surface area contributed by atoms with Gasteiger partial charge in [0.15, 0.2) is 22.7 Å². The highest BCUT2D eigenvalue weighted by Crippen LogP contribution is 2.40. The second kappa shape index (κ2) is 4.59. The van der Waals surface area contributed by atoms with Crippen LogP contribution in [0.15, 0.2) is 33.5 Å². The summed E-state index contributed by atoms with van der Waals surface area (Å²) in [6, 6.07) is 6.00. The van der Waals surface area contributed by atoms with Crippen LogP contribution in [0.3, 0.4) is 0 Å². The lowest BCUT2D eigenvalue weighted by atomic mass is 10.1. The topological polar surface area (TPSA) is 89.1 Å². The molecule has 0 aliphatic heterocycles. The molecule has 0 aliphatic carbocycles. The summed E-state index contributed by atoms with van der Waals surface area (Å²) >= 11 is 0. The molecule has 3 rings (SSSR count). The first-order valence-electron chi connectivity index (χ1n) is 6.11. The number of para-hydroxylation sites is 1. The van der Waals surface area contributed by atoms with Crippen LogP contribution in [0.1, 0.15) is 0 Å². The third-order valence-electron chi connectivity index (χ3n) is 3.29. The van der Waals surface area contributed by atoms with Gasteiger partial charge in [-0.25, -0.2) is 0 Å². The van der Waals surface area contributed by atoms with Gasteiger partial charge < -0.3 is 24.1 Å². The number of methoxy groups -OCH3 is 2. The number of fused-ring (bicyclic) bond motifs is 2. The molecule has 0 saturated carbocycles. The number of ether oxygens (including phenoxy) is 2. The van der Waals surface area contributed by atoms with Crippen LogP contribution in [-0.2, 0) is 0 Å². The van der Waals surface area contributed by atoms with E-state index in [0.29, 0.717) is 5.75 Å². The zero-order valence-corrected chi connectivity index (χ0v) is 11.3. The van der Waals surface area contributed by atoms with E-state index in [9.17, 15) is 15.0 Å². The Labute approximate surface area is 118 Å². The van der Waals surface area contributed by atoms with Crippen LogP contribution < -0.4 is 14.9 Å². The molecule has 1 aromatic heterocycles. The van der Waals surface area contributed by atoms with Crippen LogP contribution in [0.5, 0.6) is 23.0 Å². The molecule has 0 fully saturated rings. The number of phenolic OH excluding ortho intramolecular Hbond substituents is 2. The predicted molar refractivity (Wildman–Crippen MR) is 76.4 cm³/mol. The Kier molecular flexibility index (Phi) is 2.86. The van der Waals surface area contributed by atoms with E-state index in [0.717, 1.165) is 0 Å². The Hall–Kier alpha value is -2.89. The molecule has 0 bridgehead atoms. The van der Waals surface area contributed by atoms with E-state index >= 15 is 0 Å². The van der Waals surface area contributed by atoms with Gasteiger partial charge >= 0.3 is 0 Å². The normalized spacial score (nSPS) is 11.0. The van der Waals surface area contributed by atoms with Crippen molar-refractivity contribution in [1.29, 1.82) is 0 Å². The van der Waals surface area contributed by atoms with Crippen molar-refractivity contribution in [2.24, 2.45) is 0 Å². The fourth-order valence-electron chi connectivity index (χ4n) is 2.28. The fourth-order valence-corrected chi connectivity index (χ4v) is 2.28. The summed E-state index contributed by atoms with van der Waals surface area (Å²) in [5, 5.41) is 20.3. The molecule has 0 aliphatic rings. The minimum absolute atomic E-state index is 0.0115. The zero-order valence-electron chi connectivity index (χ0n) is 11.3. The van der Waals surface area contributed by atoms with E-state index in [1.54, 1.807) is 18.2 Å². The Bertz CT molecular complexity index is 910. The summed E-state index contributed by atoms with van der Waals surface area (Å²) in [6.07, 6.45) is 0. The quantitative estimate of drug-likeness (QED) is 0.556. The molecule has 6 nitrogen and oxygen atoms in total. The van der Waals surface area contributed by atoms with Crippen LogP contribution in [0.4, 0.5) is 0 Å².